The lowest BCUT2D eigenvalue weighted by Crippen LogP contribution is -2.49. The summed E-state index contributed by atoms with van der Waals surface area (Å²) in [7, 11) is 0. The van der Waals surface area contributed by atoms with Crippen molar-refractivity contribution in [1.82, 2.24) is 10.7 Å². The Balaban J connectivity index is 1.99. The van der Waals surface area contributed by atoms with E-state index >= 15 is 0 Å². The summed E-state index contributed by atoms with van der Waals surface area (Å²) in [5.74, 6) is -0.345. The third kappa shape index (κ3) is 8.51. The number of ether oxygens (including phenoxy) is 1. The molecule has 0 spiro atoms. The Kier molecular flexibility index (Phi) is 9.81. The van der Waals surface area contributed by atoms with Crippen molar-refractivity contribution in [2.45, 2.75) is 39.3 Å². The number of carbonyl (C=O) groups excluding carboxylic acids is 2. The Hall–Kier alpha value is -2.09. The second-order valence-electron chi connectivity index (χ2n) is 7.31. The van der Waals surface area contributed by atoms with Gasteiger partial charge in [0.15, 0.2) is 6.10 Å². The molecule has 0 unspecified atom stereocenters. The van der Waals surface area contributed by atoms with Gasteiger partial charge in [0, 0.05) is 9.50 Å². The lowest BCUT2D eigenvalue weighted by Gasteiger charge is -2.22. The minimum Gasteiger partial charge on any atom is -0.479 e. The summed E-state index contributed by atoms with van der Waals surface area (Å²) in [5.41, 5.74) is 3.32. The van der Waals surface area contributed by atoms with Crippen LogP contribution in [0.5, 0.6) is 5.75 Å². The lowest BCUT2D eigenvalue weighted by molar-refractivity contribution is -0.132. The van der Waals surface area contributed by atoms with E-state index in [-0.39, 0.29) is 5.92 Å². The van der Waals surface area contributed by atoms with Gasteiger partial charge in [-0.1, -0.05) is 65.1 Å². The highest BCUT2D eigenvalue weighted by atomic mass is 79.9. The summed E-state index contributed by atoms with van der Waals surface area (Å²) in [6, 6.07) is 11.4. The zero-order chi connectivity index (χ0) is 23.0. The summed E-state index contributed by atoms with van der Waals surface area (Å²) in [6.45, 7) is 5.51. The van der Waals surface area contributed by atoms with E-state index in [0.717, 1.165) is 10.0 Å². The van der Waals surface area contributed by atoms with Gasteiger partial charge in [-0.2, -0.15) is 5.10 Å². The van der Waals surface area contributed by atoms with E-state index in [9.17, 15) is 9.59 Å². The SMILES string of the molecule is CC(C)C[C@@H](NC(=O)[C@@H](C)Oc1ccc(Cl)cc1Cl)C(=O)N/N=C\c1ccc(Br)cc1. The molecular weight excluding hydrogens is 505 g/mol. The van der Waals surface area contributed by atoms with Gasteiger partial charge in [0.25, 0.3) is 11.8 Å². The van der Waals surface area contributed by atoms with Crippen molar-refractivity contribution in [1.29, 1.82) is 0 Å². The molecule has 2 atom stereocenters. The first-order valence-electron chi connectivity index (χ1n) is 9.66. The monoisotopic (exact) mass is 527 g/mol. The summed E-state index contributed by atoms with van der Waals surface area (Å²) >= 11 is 15.3. The van der Waals surface area contributed by atoms with Crippen molar-refractivity contribution >= 4 is 57.2 Å². The molecule has 0 aromatic heterocycles. The molecule has 2 amide bonds. The first-order chi connectivity index (χ1) is 14.7. The minimum atomic E-state index is -0.868. The largest absolute Gasteiger partial charge is 0.479 e. The molecule has 0 bridgehead atoms. The van der Waals surface area contributed by atoms with E-state index in [1.165, 1.54) is 12.3 Å². The normalized spacial score (nSPS) is 13.1. The molecule has 0 aliphatic carbocycles. The molecule has 166 valence electrons. The van der Waals surface area contributed by atoms with Crippen LogP contribution < -0.4 is 15.5 Å². The van der Waals surface area contributed by atoms with E-state index < -0.39 is 24.0 Å². The summed E-state index contributed by atoms with van der Waals surface area (Å²) in [5, 5.41) is 7.48. The van der Waals surface area contributed by atoms with Crippen molar-refractivity contribution in [3.05, 3.63) is 62.5 Å². The third-order valence-corrected chi connectivity index (χ3v) is 5.22. The molecule has 0 heterocycles. The quantitative estimate of drug-likeness (QED) is 0.346. The summed E-state index contributed by atoms with van der Waals surface area (Å²) in [4.78, 5) is 25.2. The standard InChI is InChI=1S/C22H24BrCl2N3O3/c1-13(2)10-19(22(30)28-26-12-15-4-6-16(23)7-5-15)27-21(29)14(3)31-20-9-8-17(24)11-18(20)25/h4-9,11-14,19H,10H2,1-3H3,(H,27,29)(H,28,30)/b26-12-/t14-,19-/m1/s1. The number of rotatable bonds is 9. The number of nitrogens with zero attached hydrogens (tertiary/aromatic N) is 1. The number of hydrogen-bond acceptors (Lipinski definition) is 4. The van der Waals surface area contributed by atoms with Crippen LogP contribution in [0, 0.1) is 5.92 Å². The molecular formula is C22H24BrCl2N3O3. The van der Waals surface area contributed by atoms with Gasteiger partial charge in [-0.05, 0) is 55.2 Å². The zero-order valence-corrected chi connectivity index (χ0v) is 20.5. The van der Waals surface area contributed by atoms with Gasteiger partial charge in [-0.3, -0.25) is 9.59 Å². The Morgan fingerprint density at radius 1 is 1.10 bits per heavy atom. The fourth-order valence-corrected chi connectivity index (χ4v) is 3.32. The molecule has 9 heteroatoms. The Labute approximate surface area is 200 Å². The predicted molar refractivity (Wildman–Crippen MR) is 128 cm³/mol. The highest BCUT2D eigenvalue weighted by Gasteiger charge is 2.25. The van der Waals surface area contributed by atoms with E-state index in [2.05, 4.69) is 31.8 Å². The smallest absolute Gasteiger partial charge is 0.262 e. The number of carbonyl (C=O) groups is 2. The Morgan fingerprint density at radius 3 is 2.39 bits per heavy atom. The van der Waals surface area contributed by atoms with Crippen LogP contribution in [0.4, 0.5) is 0 Å². The molecule has 0 saturated heterocycles. The van der Waals surface area contributed by atoms with E-state index in [1.54, 1.807) is 19.1 Å². The predicted octanol–water partition coefficient (Wildman–Crippen LogP) is 5.20. The molecule has 2 aromatic rings. The van der Waals surface area contributed by atoms with Crippen LogP contribution in [0.25, 0.3) is 0 Å². The van der Waals surface area contributed by atoms with Gasteiger partial charge < -0.3 is 10.1 Å². The average molecular weight is 529 g/mol. The summed E-state index contributed by atoms with van der Waals surface area (Å²) < 4.78 is 6.58. The zero-order valence-electron chi connectivity index (χ0n) is 17.4. The highest BCUT2D eigenvalue weighted by Crippen LogP contribution is 2.28. The maximum absolute atomic E-state index is 12.6. The minimum absolute atomic E-state index is 0.174. The second kappa shape index (κ2) is 12.1. The molecule has 2 rings (SSSR count). The van der Waals surface area contributed by atoms with Crippen LogP contribution in [0.3, 0.4) is 0 Å². The van der Waals surface area contributed by atoms with Crippen molar-refractivity contribution in [3.8, 4) is 5.75 Å². The number of halogens is 3. The Morgan fingerprint density at radius 2 is 1.77 bits per heavy atom. The molecule has 2 N–H and O–H groups in total. The number of benzene rings is 2. The number of nitrogens with one attached hydrogen (secondary N) is 2. The molecule has 2 aromatic carbocycles. The maximum Gasteiger partial charge on any atom is 0.262 e. The maximum atomic E-state index is 12.6. The van der Waals surface area contributed by atoms with Crippen LogP contribution in [-0.2, 0) is 9.59 Å². The highest BCUT2D eigenvalue weighted by molar-refractivity contribution is 9.10. The van der Waals surface area contributed by atoms with Gasteiger partial charge in [0.2, 0.25) is 0 Å². The fraction of sp³-hybridized carbons (Fsp3) is 0.318. The molecule has 0 aliphatic rings. The molecule has 0 saturated carbocycles. The molecule has 0 radical (unpaired) electrons. The van der Waals surface area contributed by atoms with Crippen LogP contribution in [0.1, 0.15) is 32.8 Å². The van der Waals surface area contributed by atoms with Crippen LogP contribution >= 0.6 is 39.1 Å². The van der Waals surface area contributed by atoms with Crippen LogP contribution in [0.2, 0.25) is 10.0 Å². The van der Waals surface area contributed by atoms with Crippen molar-refractivity contribution in [3.63, 3.8) is 0 Å². The number of amides is 2. The molecule has 0 aliphatic heterocycles. The van der Waals surface area contributed by atoms with Gasteiger partial charge in [0.1, 0.15) is 11.8 Å². The van der Waals surface area contributed by atoms with Gasteiger partial charge in [-0.15, -0.1) is 0 Å². The van der Waals surface area contributed by atoms with Gasteiger partial charge >= 0.3 is 0 Å². The Bertz CT molecular complexity index is 936. The number of hydrazone groups is 1. The van der Waals surface area contributed by atoms with Gasteiger partial charge in [0.05, 0.1) is 11.2 Å². The van der Waals surface area contributed by atoms with Crippen molar-refractivity contribution in [2.24, 2.45) is 11.0 Å². The van der Waals surface area contributed by atoms with E-state index in [4.69, 9.17) is 27.9 Å². The fourth-order valence-electron chi connectivity index (χ4n) is 2.60. The van der Waals surface area contributed by atoms with Crippen molar-refractivity contribution < 1.29 is 14.3 Å². The topological polar surface area (TPSA) is 79.8 Å². The third-order valence-electron chi connectivity index (χ3n) is 4.17. The van der Waals surface area contributed by atoms with Gasteiger partial charge in [-0.25, -0.2) is 5.43 Å². The first-order valence-corrected chi connectivity index (χ1v) is 11.2. The lowest BCUT2D eigenvalue weighted by atomic mass is 10.0. The first kappa shape index (κ1) is 25.2. The molecule has 0 fully saturated rings. The molecule has 6 nitrogen and oxygen atoms in total. The van der Waals surface area contributed by atoms with Crippen LogP contribution in [-0.4, -0.2) is 30.2 Å². The van der Waals surface area contributed by atoms with E-state index in [0.29, 0.717) is 22.2 Å². The second-order valence-corrected chi connectivity index (χ2v) is 9.07. The average Bonchev–Trinajstić information content (AvgIpc) is 2.70. The van der Waals surface area contributed by atoms with E-state index in [1.807, 2.05) is 38.1 Å². The summed E-state index contributed by atoms with van der Waals surface area (Å²) in [6.07, 6.45) is 1.11. The molecule has 31 heavy (non-hydrogen) atoms. The number of hydrogen-bond donors (Lipinski definition) is 2. The van der Waals surface area contributed by atoms with Crippen molar-refractivity contribution in [2.75, 3.05) is 0 Å². The van der Waals surface area contributed by atoms with Crippen LogP contribution in [0.15, 0.2) is 52.0 Å².